The smallest absolute Gasteiger partial charge is 0.338 e. The predicted octanol–water partition coefficient (Wildman–Crippen LogP) is 6.24. The van der Waals surface area contributed by atoms with Crippen LogP contribution in [0.25, 0.3) is 0 Å². The molecule has 0 amide bonds. The van der Waals surface area contributed by atoms with Crippen molar-refractivity contribution in [2.45, 2.75) is 78.2 Å². The zero-order valence-electron chi connectivity index (χ0n) is 19.9. The van der Waals surface area contributed by atoms with Crippen LogP contribution in [0.4, 0.5) is 0 Å². The second-order valence-corrected chi connectivity index (χ2v) is 13.0. The van der Waals surface area contributed by atoms with E-state index in [9.17, 15) is 14.4 Å². The van der Waals surface area contributed by atoms with Gasteiger partial charge in [-0.15, -0.1) is 0 Å². The molecule has 4 nitrogen and oxygen atoms in total. The molecule has 178 valence electrons. The Bertz CT molecular complexity index is 988. The van der Waals surface area contributed by atoms with Gasteiger partial charge in [0.15, 0.2) is 0 Å². The first-order valence-electron chi connectivity index (χ1n) is 12.6. The Kier molecular flexibility index (Phi) is 6.02. The van der Waals surface area contributed by atoms with Crippen LogP contribution in [0.5, 0.6) is 0 Å². The quantitative estimate of drug-likeness (QED) is 0.323. The summed E-state index contributed by atoms with van der Waals surface area (Å²) in [6, 6.07) is 7.54. The number of hydrogen-bond donors (Lipinski definition) is 0. The van der Waals surface area contributed by atoms with E-state index in [2.05, 4.69) is 36.4 Å². The molecular weight excluding hydrogens is 527 g/mol. The van der Waals surface area contributed by atoms with Crippen molar-refractivity contribution in [1.29, 1.82) is 0 Å². The number of carbonyl (C=O) groups excluding carboxylic acids is 3. The number of fused-ring (bicyclic) bond motifs is 5. The highest BCUT2D eigenvalue weighted by atomic mass is 127. The van der Waals surface area contributed by atoms with Gasteiger partial charge in [0.25, 0.3) is 0 Å². The van der Waals surface area contributed by atoms with Gasteiger partial charge in [-0.2, -0.15) is 0 Å². The number of Topliss-reactive ketones (excluding diaryl/α,β-unsaturated/α-hetero) is 2. The monoisotopic (exact) mass is 562 g/mol. The van der Waals surface area contributed by atoms with Gasteiger partial charge in [-0.1, -0.05) is 19.9 Å². The molecule has 0 unspecified atom stereocenters. The molecule has 0 bridgehead atoms. The molecule has 5 rings (SSSR count). The van der Waals surface area contributed by atoms with Crippen LogP contribution in [0, 0.1) is 44.0 Å². The van der Waals surface area contributed by atoms with E-state index >= 15 is 0 Å². The molecule has 4 aliphatic carbocycles. The Balaban J connectivity index is 1.32. The van der Waals surface area contributed by atoms with E-state index in [-0.39, 0.29) is 40.5 Å². The zero-order chi connectivity index (χ0) is 23.5. The molecule has 0 spiro atoms. The minimum atomic E-state index is -0.235. The van der Waals surface area contributed by atoms with E-state index < -0.39 is 0 Å². The highest BCUT2D eigenvalue weighted by Gasteiger charge is 2.63. The molecule has 4 fully saturated rings. The summed E-state index contributed by atoms with van der Waals surface area (Å²) in [5.41, 5.74) is 0.454. The van der Waals surface area contributed by atoms with Gasteiger partial charge in [0, 0.05) is 21.8 Å². The summed E-state index contributed by atoms with van der Waals surface area (Å²) in [6.07, 6.45) is 7.33. The summed E-state index contributed by atoms with van der Waals surface area (Å²) in [5, 5.41) is 0. The van der Waals surface area contributed by atoms with Crippen molar-refractivity contribution in [2.24, 2.45) is 40.4 Å². The second-order valence-electron chi connectivity index (χ2n) is 11.7. The first-order valence-corrected chi connectivity index (χ1v) is 13.7. The van der Waals surface area contributed by atoms with Crippen LogP contribution in [0.15, 0.2) is 24.3 Å². The third kappa shape index (κ3) is 3.81. The average molecular weight is 562 g/mol. The number of rotatable bonds is 3. The SMILES string of the molecule is CC(=O)[C@@H]1CC[C@H]2[C@H]3CC[C@@H]4C[C@H](OC(=O)c5cccc(I)c5)CC[C@]4(C)[C@H]3C(=O)C[C@]12C. The molecule has 0 radical (unpaired) electrons. The lowest BCUT2D eigenvalue weighted by molar-refractivity contribution is -0.162. The number of carbonyl (C=O) groups is 3. The molecule has 4 aliphatic rings. The number of hydrogen-bond acceptors (Lipinski definition) is 4. The lowest BCUT2D eigenvalue weighted by Crippen LogP contribution is -2.58. The van der Waals surface area contributed by atoms with E-state index in [1.807, 2.05) is 24.3 Å². The van der Waals surface area contributed by atoms with Gasteiger partial charge in [-0.3, -0.25) is 9.59 Å². The molecule has 0 aromatic heterocycles. The summed E-state index contributed by atoms with van der Waals surface area (Å²) >= 11 is 2.21. The van der Waals surface area contributed by atoms with Crippen LogP contribution < -0.4 is 0 Å². The summed E-state index contributed by atoms with van der Waals surface area (Å²) in [7, 11) is 0. The Morgan fingerprint density at radius 2 is 1.85 bits per heavy atom. The molecule has 8 atom stereocenters. The van der Waals surface area contributed by atoms with Crippen LogP contribution in [0.1, 0.15) is 82.5 Å². The average Bonchev–Trinajstić information content (AvgIpc) is 3.10. The highest BCUT2D eigenvalue weighted by Crippen LogP contribution is 2.66. The Labute approximate surface area is 210 Å². The molecule has 5 heteroatoms. The third-order valence-electron chi connectivity index (χ3n) is 10.1. The molecule has 0 aliphatic heterocycles. The zero-order valence-corrected chi connectivity index (χ0v) is 22.1. The molecule has 4 saturated carbocycles. The number of esters is 1. The first-order chi connectivity index (χ1) is 15.6. The molecule has 0 saturated heterocycles. The van der Waals surface area contributed by atoms with Crippen molar-refractivity contribution in [3.8, 4) is 0 Å². The molecule has 0 heterocycles. The van der Waals surface area contributed by atoms with Crippen molar-refractivity contribution in [3.63, 3.8) is 0 Å². The topological polar surface area (TPSA) is 60.4 Å². The molecule has 0 N–H and O–H groups in total. The van der Waals surface area contributed by atoms with Crippen molar-refractivity contribution >= 4 is 40.1 Å². The summed E-state index contributed by atoms with van der Waals surface area (Å²) in [6.45, 7) is 6.27. The van der Waals surface area contributed by atoms with E-state index in [0.717, 1.165) is 48.5 Å². The van der Waals surface area contributed by atoms with Crippen LogP contribution >= 0.6 is 22.6 Å². The fourth-order valence-corrected chi connectivity index (χ4v) is 9.19. The van der Waals surface area contributed by atoms with Crippen molar-refractivity contribution in [2.75, 3.05) is 0 Å². The highest BCUT2D eigenvalue weighted by molar-refractivity contribution is 14.1. The van der Waals surface area contributed by atoms with Gasteiger partial charge >= 0.3 is 5.97 Å². The standard InChI is InChI=1S/C28H35IO4/c1-16(30)22-9-10-23-21-8-7-18-14-20(33-26(32)17-5-4-6-19(29)13-17)11-12-27(18,2)25(21)24(31)15-28(22,23)3/h4-6,13,18,20-23,25H,7-12,14-15H2,1-3H3/t18-,20-,21-,22+,23+,25-,27+,28-/m1/s1. The van der Waals surface area contributed by atoms with Crippen LogP contribution in [0.2, 0.25) is 0 Å². The largest absolute Gasteiger partial charge is 0.459 e. The molecular formula is C28H35IO4. The minimum Gasteiger partial charge on any atom is -0.459 e. The maximum Gasteiger partial charge on any atom is 0.338 e. The summed E-state index contributed by atoms with van der Waals surface area (Å²) < 4.78 is 6.98. The minimum absolute atomic E-state index is 0.0132. The number of ether oxygens (including phenoxy) is 1. The lowest BCUT2D eigenvalue weighted by Gasteiger charge is -2.59. The van der Waals surface area contributed by atoms with Gasteiger partial charge in [0.2, 0.25) is 0 Å². The lowest BCUT2D eigenvalue weighted by atomic mass is 9.44. The third-order valence-corrected chi connectivity index (χ3v) is 10.8. The normalized spacial score (nSPS) is 42.1. The summed E-state index contributed by atoms with van der Waals surface area (Å²) in [5.74, 6) is 1.90. The fraction of sp³-hybridized carbons (Fsp3) is 0.679. The van der Waals surface area contributed by atoms with E-state index in [0.29, 0.717) is 35.5 Å². The van der Waals surface area contributed by atoms with Gasteiger partial charge < -0.3 is 4.74 Å². The van der Waals surface area contributed by atoms with Gasteiger partial charge in [0.1, 0.15) is 17.7 Å². The van der Waals surface area contributed by atoms with Crippen LogP contribution in [0.3, 0.4) is 0 Å². The number of benzene rings is 1. The van der Waals surface area contributed by atoms with Crippen molar-refractivity contribution < 1.29 is 19.1 Å². The Morgan fingerprint density at radius 1 is 1.06 bits per heavy atom. The van der Waals surface area contributed by atoms with Gasteiger partial charge in [0.05, 0.1) is 5.56 Å². The number of ketones is 2. The second kappa shape index (κ2) is 8.46. The Morgan fingerprint density at radius 3 is 2.58 bits per heavy atom. The number of halogens is 1. The van der Waals surface area contributed by atoms with E-state index in [1.54, 1.807) is 6.92 Å². The molecule has 1 aromatic carbocycles. The summed E-state index contributed by atoms with van der Waals surface area (Å²) in [4.78, 5) is 38.8. The maximum absolute atomic E-state index is 13.7. The molecule has 33 heavy (non-hydrogen) atoms. The Hall–Kier alpha value is -1.24. The van der Waals surface area contributed by atoms with E-state index in [4.69, 9.17) is 4.74 Å². The maximum atomic E-state index is 13.7. The van der Waals surface area contributed by atoms with E-state index in [1.165, 1.54) is 0 Å². The van der Waals surface area contributed by atoms with Crippen molar-refractivity contribution in [1.82, 2.24) is 0 Å². The van der Waals surface area contributed by atoms with Crippen LogP contribution in [-0.2, 0) is 14.3 Å². The molecule has 1 aromatic rings. The predicted molar refractivity (Wildman–Crippen MR) is 135 cm³/mol. The van der Waals surface area contributed by atoms with Crippen LogP contribution in [-0.4, -0.2) is 23.6 Å². The van der Waals surface area contributed by atoms with Gasteiger partial charge in [-0.05, 0) is 121 Å². The fourth-order valence-electron chi connectivity index (χ4n) is 8.64. The first kappa shape index (κ1) is 23.5. The van der Waals surface area contributed by atoms with Gasteiger partial charge in [-0.25, -0.2) is 4.79 Å². The van der Waals surface area contributed by atoms with Crippen molar-refractivity contribution in [3.05, 3.63) is 33.4 Å².